The molecule has 4 nitrogen and oxygen atoms in total. The van der Waals surface area contributed by atoms with Crippen molar-refractivity contribution in [3.8, 4) is 5.75 Å². The molecule has 0 radical (unpaired) electrons. The molecular formula is C19H19NO3. The zero-order valence-corrected chi connectivity index (χ0v) is 13.3. The van der Waals surface area contributed by atoms with Crippen LogP contribution in [0.4, 0.5) is 0 Å². The van der Waals surface area contributed by atoms with E-state index in [1.54, 1.807) is 7.11 Å². The molecule has 0 aliphatic rings. The molecule has 0 bridgehead atoms. The molecule has 0 N–H and O–H groups in total. The molecule has 0 unspecified atom stereocenters. The summed E-state index contributed by atoms with van der Waals surface area (Å²) >= 11 is 0. The fourth-order valence-electron chi connectivity index (χ4n) is 2.67. The highest BCUT2D eigenvalue weighted by Crippen LogP contribution is 2.22. The Kier molecular flexibility index (Phi) is 4.33. The minimum atomic E-state index is -0.294. The van der Waals surface area contributed by atoms with E-state index in [9.17, 15) is 4.79 Å². The molecule has 1 heterocycles. The maximum atomic E-state index is 12.3. The van der Waals surface area contributed by atoms with Gasteiger partial charge in [-0.25, -0.2) is 4.79 Å². The van der Waals surface area contributed by atoms with Crippen molar-refractivity contribution < 1.29 is 14.3 Å². The Morgan fingerprint density at radius 2 is 1.83 bits per heavy atom. The van der Waals surface area contributed by atoms with E-state index >= 15 is 0 Å². The third-order valence-corrected chi connectivity index (χ3v) is 3.79. The van der Waals surface area contributed by atoms with Crippen LogP contribution >= 0.6 is 0 Å². The average molecular weight is 309 g/mol. The molecule has 0 aliphatic heterocycles. The Bertz CT molecular complexity index is 818. The number of hydrogen-bond donors (Lipinski definition) is 0. The van der Waals surface area contributed by atoms with Crippen LogP contribution in [0.5, 0.6) is 5.75 Å². The fraction of sp³-hybridized carbons (Fsp3) is 0.211. The number of methoxy groups -OCH3 is 1. The Balaban J connectivity index is 2.02. The first-order valence-corrected chi connectivity index (χ1v) is 7.61. The van der Waals surface area contributed by atoms with Gasteiger partial charge in [0, 0.05) is 17.4 Å². The maximum Gasteiger partial charge on any atom is 0.354 e. The van der Waals surface area contributed by atoms with Crippen molar-refractivity contribution in [1.29, 1.82) is 0 Å². The standard InChI is InChI=1S/C19H19NO3/c1-3-23-19(21)18-12-15-6-4-5-7-17(15)20(18)13-14-8-10-16(22-2)11-9-14/h4-12H,3,13H2,1-2H3. The summed E-state index contributed by atoms with van der Waals surface area (Å²) in [7, 11) is 1.65. The number of fused-ring (bicyclic) bond motifs is 1. The zero-order chi connectivity index (χ0) is 16.2. The summed E-state index contributed by atoms with van der Waals surface area (Å²) in [5.74, 6) is 0.522. The first-order valence-electron chi connectivity index (χ1n) is 7.61. The zero-order valence-electron chi connectivity index (χ0n) is 13.3. The number of rotatable bonds is 5. The minimum Gasteiger partial charge on any atom is -0.497 e. The van der Waals surface area contributed by atoms with Gasteiger partial charge in [-0.05, 0) is 36.8 Å². The highest BCUT2D eigenvalue weighted by Gasteiger charge is 2.16. The molecule has 0 spiro atoms. The number of carbonyl (C=O) groups excluding carboxylic acids is 1. The van der Waals surface area contributed by atoms with Crippen molar-refractivity contribution in [3.05, 3.63) is 65.9 Å². The van der Waals surface area contributed by atoms with Gasteiger partial charge in [-0.1, -0.05) is 30.3 Å². The van der Waals surface area contributed by atoms with Crippen LogP contribution in [0.3, 0.4) is 0 Å². The molecule has 0 atom stereocenters. The number of esters is 1. The van der Waals surface area contributed by atoms with Crippen molar-refractivity contribution in [1.82, 2.24) is 4.57 Å². The van der Waals surface area contributed by atoms with Gasteiger partial charge in [0.05, 0.1) is 13.7 Å². The second kappa shape index (κ2) is 6.57. The first kappa shape index (κ1) is 15.2. The number of hydrogen-bond acceptors (Lipinski definition) is 3. The summed E-state index contributed by atoms with van der Waals surface area (Å²) in [6.45, 7) is 2.78. The van der Waals surface area contributed by atoms with Crippen LogP contribution in [0, 0.1) is 0 Å². The van der Waals surface area contributed by atoms with Crippen molar-refractivity contribution in [3.63, 3.8) is 0 Å². The van der Waals surface area contributed by atoms with Crippen molar-refractivity contribution in [2.24, 2.45) is 0 Å². The Hall–Kier alpha value is -2.75. The topological polar surface area (TPSA) is 40.5 Å². The van der Waals surface area contributed by atoms with Gasteiger partial charge < -0.3 is 14.0 Å². The number of nitrogens with zero attached hydrogens (tertiary/aromatic N) is 1. The van der Waals surface area contributed by atoms with Gasteiger partial charge in [0.1, 0.15) is 11.4 Å². The monoisotopic (exact) mass is 309 g/mol. The lowest BCUT2D eigenvalue weighted by Gasteiger charge is -2.11. The summed E-state index contributed by atoms with van der Waals surface area (Å²) in [6.07, 6.45) is 0. The highest BCUT2D eigenvalue weighted by atomic mass is 16.5. The van der Waals surface area contributed by atoms with E-state index in [1.807, 2.05) is 66.1 Å². The van der Waals surface area contributed by atoms with E-state index in [0.717, 1.165) is 22.2 Å². The van der Waals surface area contributed by atoms with Crippen LogP contribution in [-0.2, 0) is 11.3 Å². The molecule has 3 rings (SSSR count). The summed E-state index contributed by atoms with van der Waals surface area (Å²) in [4.78, 5) is 12.3. The lowest BCUT2D eigenvalue weighted by molar-refractivity contribution is 0.0515. The van der Waals surface area contributed by atoms with Crippen molar-refractivity contribution in [2.45, 2.75) is 13.5 Å². The smallest absolute Gasteiger partial charge is 0.354 e. The van der Waals surface area contributed by atoms with Crippen LogP contribution < -0.4 is 4.74 Å². The van der Waals surface area contributed by atoms with Crippen LogP contribution in [0.2, 0.25) is 0 Å². The Labute approximate surface area is 135 Å². The van der Waals surface area contributed by atoms with E-state index in [2.05, 4.69) is 0 Å². The third kappa shape index (κ3) is 3.06. The first-order chi connectivity index (χ1) is 11.2. The molecule has 118 valence electrons. The maximum absolute atomic E-state index is 12.3. The molecule has 23 heavy (non-hydrogen) atoms. The molecule has 3 aromatic rings. The van der Waals surface area contributed by atoms with E-state index in [4.69, 9.17) is 9.47 Å². The van der Waals surface area contributed by atoms with Gasteiger partial charge in [-0.15, -0.1) is 0 Å². The van der Waals surface area contributed by atoms with Crippen molar-refractivity contribution >= 4 is 16.9 Å². The molecule has 1 aromatic heterocycles. The molecular weight excluding hydrogens is 290 g/mol. The van der Waals surface area contributed by atoms with Crippen LogP contribution in [0.25, 0.3) is 10.9 Å². The van der Waals surface area contributed by atoms with Crippen LogP contribution in [0.1, 0.15) is 23.0 Å². The third-order valence-electron chi connectivity index (χ3n) is 3.79. The lowest BCUT2D eigenvalue weighted by Crippen LogP contribution is -2.12. The summed E-state index contributed by atoms with van der Waals surface area (Å²) in [6, 6.07) is 17.7. The number of aromatic nitrogens is 1. The Morgan fingerprint density at radius 3 is 2.52 bits per heavy atom. The van der Waals surface area contributed by atoms with Gasteiger partial charge in [0.25, 0.3) is 0 Å². The number of para-hydroxylation sites is 1. The number of carbonyl (C=O) groups is 1. The van der Waals surface area contributed by atoms with E-state index < -0.39 is 0 Å². The van der Waals surface area contributed by atoms with Gasteiger partial charge in [0.15, 0.2) is 0 Å². The molecule has 2 aromatic carbocycles. The van der Waals surface area contributed by atoms with Gasteiger partial charge in [-0.3, -0.25) is 0 Å². The molecule has 0 saturated carbocycles. The summed E-state index contributed by atoms with van der Waals surface area (Å²) < 4.78 is 12.4. The average Bonchev–Trinajstić information content (AvgIpc) is 2.95. The van der Waals surface area contributed by atoms with E-state index in [-0.39, 0.29) is 5.97 Å². The summed E-state index contributed by atoms with van der Waals surface area (Å²) in [5.41, 5.74) is 2.69. The Morgan fingerprint density at radius 1 is 1.09 bits per heavy atom. The molecule has 0 aliphatic carbocycles. The molecule has 4 heteroatoms. The molecule has 0 amide bonds. The largest absolute Gasteiger partial charge is 0.497 e. The predicted octanol–water partition coefficient (Wildman–Crippen LogP) is 3.87. The summed E-state index contributed by atoms with van der Waals surface area (Å²) in [5, 5.41) is 1.03. The SMILES string of the molecule is CCOC(=O)c1cc2ccccc2n1Cc1ccc(OC)cc1. The second-order valence-corrected chi connectivity index (χ2v) is 5.24. The van der Waals surface area contributed by atoms with Crippen LogP contribution in [-0.4, -0.2) is 24.3 Å². The number of benzene rings is 2. The predicted molar refractivity (Wildman–Crippen MR) is 90.0 cm³/mol. The number of ether oxygens (including phenoxy) is 2. The quantitative estimate of drug-likeness (QED) is 0.672. The minimum absolute atomic E-state index is 0.294. The van der Waals surface area contributed by atoms with Crippen molar-refractivity contribution in [2.75, 3.05) is 13.7 Å². The van der Waals surface area contributed by atoms with Gasteiger partial charge in [-0.2, -0.15) is 0 Å². The van der Waals surface area contributed by atoms with Gasteiger partial charge >= 0.3 is 5.97 Å². The van der Waals surface area contributed by atoms with Crippen LogP contribution in [0.15, 0.2) is 54.6 Å². The van der Waals surface area contributed by atoms with E-state index in [1.165, 1.54) is 0 Å². The van der Waals surface area contributed by atoms with Gasteiger partial charge in [0.2, 0.25) is 0 Å². The highest BCUT2D eigenvalue weighted by molar-refractivity contribution is 5.95. The second-order valence-electron chi connectivity index (χ2n) is 5.24. The fourth-order valence-corrected chi connectivity index (χ4v) is 2.67. The lowest BCUT2D eigenvalue weighted by atomic mass is 10.2. The normalized spacial score (nSPS) is 10.7. The molecule has 0 fully saturated rings. The molecule has 0 saturated heterocycles. The van der Waals surface area contributed by atoms with E-state index in [0.29, 0.717) is 18.8 Å².